The SMILES string of the molecule is COc1cc(Oc2ccccc2)c(C)cc1-n1c(=O)[nH]c(=O)n(-c2ccccc2)c1=O. The van der Waals surface area contributed by atoms with Gasteiger partial charge >= 0.3 is 17.1 Å². The summed E-state index contributed by atoms with van der Waals surface area (Å²) in [5.41, 5.74) is -1.30. The quantitative estimate of drug-likeness (QED) is 0.539. The zero-order valence-corrected chi connectivity index (χ0v) is 16.9. The number of ether oxygens (including phenoxy) is 2. The zero-order chi connectivity index (χ0) is 22.0. The highest BCUT2D eigenvalue weighted by Gasteiger charge is 2.18. The Morgan fingerprint density at radius 3 is 2.03 bits per heavy atom. The number of para-hydroxylation sites is 2. The number of aryl methyl sites for hydroxylation is 1. The van der Waals surface area contributed by atoms with Gasteiger partial charge in [0.2, 0.25) is 0 Å². The van der Waals surface area contributed by atoms with Gasteiger partial charge in [0.1, 0.15) is 17.2 Å². The lowest BCUT2D eigenvalue weighted by Crippen LogP contribution is -2.48. The number of benzene rings is 3. The molecular formula is C23H19N3O5. The summed E-state index contributed by atoms with van der Waals surface area (Å²) in [6, 6.07) is 20.7. The number of hydrogen-bond donors (Lipinski definition) is 1. The molecule has 0 unspecified atom stereocenters. The van der Waals surface area contributed by atoms with Crippen molar-refractivity contribution in [3.63, 3.8) is 0 Å². The van der Waals surface area contributed by atoms with Crippen molar-refractivity contribution < 1.29 is 9.47 Å². The number of aromatic nitrogens is 3. The van der Waals surface area contributed by atoms with Crippen molar-refractivity contribution in [2.45, 2.75) is 6.92 Å². The van der Waals surface area contributed by atoms with E-state index in [1.807, 2.05) is 30.3 Å². The molecule has 0 saturated carbocycles. The van der Waals surface area contributed by atoms with Crippen LogP contribution in [0.4, 0.5) is 0 Å². The van der Waals surface area contributed by atoms with Gasteiger partial charge in [-0.2, -0.15) is 0 Å². The van der Waals surface area contributed by atoms with Crippen LogP contribution in [0.1, 0.15) is 5.56 Å². The topological polar surface area (TPSA) is 95.3 Å². The first-order chi connectivity index (χ1) is 15.0. The van der Waals surface area contributed by atoms with Crippen LogP contribution in [0.5, 0.6) is 17.2 Å². The summed E-state index contributed by atoms with van der Waals surface area (Å²) in [4.78, 5) is 40.4. The first-order valence-corrected chi connectivity index (χ1v) is 9.45. The molecule has 0 bridgehead atoms. The average molecular weight is 417 g/mol. The van der Waals surface area contributed by atoms with Crippen molar-refractivity contribution in [2.75, 3.05) is 7.11 Å². The van der Waals surface area contributed by atoms with Gasteiger partial charge in [-0.15, -0.1) is 0 Å². The molecule has 0 fully saturated rings. The maximum atomic E-state index is 13.2. The fourth-order valence-corrected chi connectivity index (χ4v) is 3.21. The van der Waals surface area contributed by atoms with Crippen molar-refractivity contribution in [3.8, 4) is 28.6 Å². The molecule has 8 heteroatoms. The van der Waals surface area contributed by atoms with Gasteiger partial charge in [-0.05, 0) is 42.8 Å². The van der Waals surface area contributed by atoms with E-state index in [-0.39, 0.29) is 11.4 Å². The van der Waals surface area contributed by atoms with Gasteiger partial charge in [-0.3, -0.25) is 4.98 Å². The molecule has 0 radical (unpaired) electrons. The van der Waals surface area contributed by atoms with Crippen LogP contribution in [0.15, 0.2) is 87.2 Å². The molecule has 4 rings (SSSR count). The second kappa shape index (κ2) is 8.19. The van der Waals surface area contributed by atoms with Crippen LogP contribution >= 0.6 is 0 Å². The van der Waals surface area contributed by atoms with Gasteiger partial charge in [0.15, 0.2) is 0 Å². The predicted octanol–water partition coefficient (Wildman–Crippen LogP) is 2.79. The van der Waals surface area contributed by atoms with E-state index in [1.165, 1.54) is 7.11 Å². The number of hydrogen-bond acceptors (Lipinski definition) is 5. The van der Waals surface area contributed by atoms with Gasteiger partial charge in [-0.1, -0.05) is 36.4 Å². The number of nitrogens with one attached hydrogen (secondary N) is 1. The Kier molecular flexibility index (Phi) is 5.28. The number of aromatic amines is 1. The fourth-order valence-electron chi connectivity index (χ4n) is 3.21. The minimum atomic E-state index is -0.864. The van der Waals surface area contributed by atoms with E-state index < -0.39 is 17.1 Å². The molecule has 156 valence electrons. The third-order valence-electron chi connectivity index (χ3n) is 4.71. The van der Waals surface area contributed by atoms with Gasteiger partial charge in [0.25, 0.3) is 0 Å². The Balaban J connectivity index is 1.90. The summed E-state index contributed by atoms with van der Waals surface area (Å²) in [7, 11) is 1.42. The molecule has 8 nitrogen and oxygen atoms in total. The summed E-state index contributed by atoms with van der Waals surface area (Å²) in [6.45, 7) is 1.79. The molecule has 4 aromatic rings. The second-order valence-electron chi connectivity index (χ2n) is 6.73. The molecule has 0 aliphatic heterocycles. The van der Waals surface area contributed by atoms with E-state index in [9.17, 15) is 14.4 Å². The molecular weight excluding hydrogens is 398 g/mol. The minimum absolute atomic E-state index is 0.191. The summed E-state index contributed by atoms with van der Waals surface area (Å²) in [6.07, 6.45) is 0. The summed E-state index contributed by atoms with van der Waals surface area (Å²) < 4.78 is 13.1. The normalized spacial score (nSPS) is 10.6. The first kappa shape index (κ1) is 20.0. The zero-order valence-electron chi connectivity index (χ0n) is 16.9. The molecule has 1 aromatic heterocycles. The maximum absolute atomic E-state index is 13.2. The second-order valence-corrected chi connectivity index (χ2v) is 6.73. The average Bonchev–Trinajstić information content (AvgIpc) is 2.76. The lowest BCUT2D eigenvalue weighted by molar-refractivity contribution is 0.405. The Bertz CT molecular complexity index is 1400. The number of methoxy groups -OCH3 is 1. The van der Waals surface area contributed by atoms with E-state index in [0.29, 0.717) is 22.7 Å². The minimum Gasteiger partial charge on any atom is -0.494 e. The van der Waals surface area contributed by atoms with E-state index >= 15 is 0 Å². The lowest BCUT2D eigenvalue weighted by atomic mass is 10.1. The molecule has 0 aliphatic carbocycles. The van der Waals surface area contributed by atoms with Gasteiger partial charge in [0.05, 0.1) is 18.5 Å². The molecule has 0 spiro atoms. The van der Waals surface area contributed by atoms with Crippen LogP contribution < -0.4 is 26.5 Å². The lowest BCUT2D eigenvalue weighted by Gasteiger charge is -2.16. The Morgan fingerprint density at radius 2 is 1.39 bits per heavy atom. The van der Waals surface area contributed by atoms with Crippen LogP contribution in [0.3, 0.4) is 0 Å². The van der Waals surface area contributed by atoms with E-state index in [1.54, 1.807) is 49.4 Å². The van der Waals surface area contributed by atoms with Crippen molar-refractivity contribution in [3.05, 3.63) is 110 Å². The first-order valence-electron chi connectivity index (χ1n) is 9.45. The van der Waals surface area contributed by atoms with Gasteiger partial charge in [-0.25, -0.2) is 23.5 Å². The monoisotopic (exact) mass is 417 g/mol. The van der Waals surface area contributed by atoms with Crippen LogP contribution in [-0.2, 0) is 0 Å². The molecule has 0 atom stereocenters. The highest BCUT2D eigenvalue weighted by atomic mass is 16.5. The number of rotatable bonds is 5. The number of H-pyrrole nitrogens is 1. The molecule has 1 N–H and O–H groups in total. The van der Waals surface area contributed by atoms with Crippen LogP contribution in [0, 0.1) is 6.92 Å². The Hall–Kier alpha value is -4.33. The van der Waals surface area contributed by atoms with Crippen molar-refractivity contribution >= 4 is 0 Å². The molecule has 0 aliphatic rings. The standard InChI is InChI=1S/C23H19N3O5/c1-15-13-18(20(30-2)14-19(15)31-17-11-7-4-8-12-17)26-22(28)24-21(27)25(23(26)29)16-9-5-3-6-10-16/h3-14H,1-2H3,(H,24,27,28). The molecule has 3 aromatic carbocycles. The maximum Gasteiger partial charge on any atom is 0.345 e. The summed E-state index contributed by atoms with van der Waals surface area (Å²) in [5, 5.41) is 0. The summed E-state index contributed by atoms with van der Waals surface area (Å²) >= 11 is 0. The molecule has 0 amide bonds. The van der Waals surface area contributed by atoms with Gasteiger partial charge in [0, 0.05) is 6.07 Å². The van der Waals surface area contributed by atoms with Crippen LogP contribution in [0.25, 0.3) is 11.4 Å². The smallest absolute Gasteiger partial charge is 0.345 e. The third-order valence-corrected chi connectivity index (χ3v) is 4.71. The van der Waals surface area contributed by atoms with E-state index in [2.05, 4.69) is 4.98 Å². The molecule has 1 heterocycles. The highest BCUT2D eigenvalue weighted by molar-refractivity contribution is 5.55. The summed E-state index contributed by atoms with van der Waals surface area (Å²) in [5.74, 6) is 1.38. The van der Waals surface area contributed by atoms with Crippen LogP contribution in [-0.4, -0.2) is 21.2 Å². The molecule has 31 heavy (non-hydrogen) atoms. The van der Waals surface area contributed by atoms with Crippen molar-refractivity contribution in [1.29, 1.82) is 0 Å². The predicted molar refractivity (Wildman–Crippen MR) is 116 cm³/mol. The third kappa shape index (κ3) is 3.78. The van der Waals surface area contributed by atoms with Crippen molar-refractivity contribution in [1.82, 2.24) is 14.1 Å². The Labute approximate surface area is 176 Å². The molecule has 0 saturated heterocycles. The van der Waals surface area contributed by atoms with E-state index in [0.717, 1.165) is 9.13 Å². The van der Waals surface area contributed by atoms with E-state index in [4.69, 9.17) is 9.47 Å². The number of nitrogens with zero attached hydrogens (tertiary/aromatic N) is 2. The highest BCUT2D eigenvalue weighted by Crippen LogP contribution is 2.33. The van der Waals surface area contributed by atoms with Gasteiger partial charge < -0.3 is 9.47 Å². The largest absolute Gasteiger partial charge is 0.494 e. The fraction of sp³-hybridized carbons (Fsp3) is 0.0870. The van der Waals surface area contributed by atoms with Crippen molar-refractivity contribution in [2.24, 2.45) is 0 Å². The van der Waals surface area contributed by atoms with Crippen LogP contribution in [0.2, 0.25) is 0 Å². The Morgan fingerprint density at radius 1 is 0.774 bits per heavy atom.